The minimum absolute atomic E-state index is 1.89. The highest BCUT2D eigenvalue weighted by molar-refractivity contribution is 6.30. The SMILES string of the molecule is [CH]=NOC#CCl. The number of rotatable bonds is 1. The zero-order valence-electron chi connectivity index (χ0n) is 2.81. The third-order valence-corrected chi connectivity index (χ3v) is 0.214. The van der Waals surface area contributed by atoms with Crippen LogP contribution in [0.1, 0.15) is 0 Å². The van der Waals surface area contributed by atoms with E-state index in [4.69, 9.17) is 11.6 Å². The van der Waals surface area contributed by atoms with Crippen molar-refractivity contribution in [3.63, 3.8) is 0 Å². The first-order chi connectivity index (χ1) is 2.91. The van der Waals surface area contributed by atoms with Crippen molar-refractivity contribution in [3.8, 4) is 11.5 Å². The second-order valence-corrected chi connectivity index (χ2v) is 0.582. The fourth-order valence-corrected chi connectivity index (χ4v) is 0.0781. The molecule has 0 spiro atoms. The fraction of sp³-hybridized carbons (Fsp3) is 0. The molecular formula is C3HClNO. The smallest absolute Gasteiger partial charge is 0.166 e. The Kier molecular flexibility index (Phi) is 3.83. The van der Waals surface area contributed by atoms with Crippen LogP contribution in [0, 0.1) is 11.5 Å². The molecule has 6 heavy (non-hydrogen) atoms. The third kappa shape index (κ3) is 3.32. The van der Waals surface area contributed by atoms with E-state index in [0.717, 1.165) is 0 Å². The Hall–Kier alpha value is -0.680. The van der Waals surface area contributed by atoms with Gasteiger partial charge in [-0.1, -0.05) is 5.16 Å². The molecular weight excluding hydrogens is 101 g/mol. The molecule has 0 amide bonds. The van der Waals surface area contributed by atoms with Gasteiger partial charge in [0.15, 0.2) is 6.11 Å². The average Bonchev–Trinajstić information content (AvgIpc) is 1.61. The highest BCUT2D eigenvalue weighted by Gasteiger charge is 1.53. The van der Waals surface area contributed by atoms with E-state index in [1.807, 2.05) is 11.5 Å². The van der Waals surface area contributed by atoms with Crippen LogP contribution in [-0.4, -0.2) is 6.72 Å². The standard InChI is InChI=1S/C3HClNO/c1-5-6-3-2-4/h1H. The summed E-state index contributed by atoms with van der Waals surface area (Å²) in [5, 5.41) is 4.56. The largest absolute Gasteiger partial charge is 0.302 e. The van der Waals surface area contributed by atoms with Gasteiger partial charge in [-0.2, -0.15) is 0 Å². The van der Waals surface area contributed by atoms with Crippen molar-refractivity contribution in [2.75, 3.05) is 0 Å². The minimum Gasteiger partial charge on any atom is -0.302 e. The van der Waals surface area contributed by atoms with Crippen molar-refractivity contribution in [1.82, 2.24) is 0 Å². The van der Waals surface area contributed by atoms with Gasteiger partial charge in [0, 0.05) is 0 Å². The van der Waals surface area contributed by atoms with E-state index in [0.29, 0.717) is 0 Å². The number of hydrogen-bond donors (Lipinski definition) is 0. The normalized spacial score (nSPS) is 4.83. The molecule has 31 valence electrons. The van der Waals surface area contributed by atoms with Gasteiger partial charge in [0.25, 0.3) is 0 Å². The molecule has 0 atom stereocenters. The third-order valence-electron chi connectivity index (χ3n) is 0.137. The fourth-order valence-electron chi connectivity index (χ4n) is 0.0436. The molecule has 0 bridgehead atoms. The molecule has 0 saturated carbocycles. The van der Waals surface area contributed by atoms with Crippen molar-refractivity contribution in [2.45, 2.75) is 0 Å². The summed E-state index contributed by atoms with van der Waals surface area (Å²) in [6, 6.07) is 0. The molecule has 0 rings (SSSR count). The molecule has 0 aromatic rings. The van der Waals surface area contributed by atoms with Gasteiger partial charge in [-0.15, -0.1) is 0 Å². The van der Waals surface area contributed by atoms with Crippen LogP contribution in [0.4, 0.5) is 0 Å². The van der Waals surface area contributed by atoms with E-state index in [2.05, 4.69) is 16.7 Å². The first-order valence-corrected chi connectivity index (χ1v) is 1.46. The summed E-state index contributed by atoms with van der Waals surface area (Å²) in [4.78, 5) is 3.89. The lowest BCUT2D eigenvalue weighted by molar-refractivity contribution is 0.303. The molecule has 0 aliphatic rings. The molecule has 0 heterocycles. The quantitative estimate of drug-likeness (QED) is 0.271. The van der Waals surface area contributed by atoms with E-state index in [1.165, 1.54) is 0 Å². The molecule has 0 fully saturated rings. The van der Waals surface area contributed by atoms with Gasteiger partial charge >= 0.3 is 0 Å². The molecule has 0 aromatic carbocycles. The Labute approximate surface area is 40.7 Å². The first kappa shape index (κ1) is 5.32. The van der Waals surface area contributed by atoms with Crippen LogP contribution < -0.4 is 0 Å². The van der Waals surface area contributed by atoms with Gasteiger partial charge < -0.3 is 4.84 Å². The molecule has 3 heteroatoms. The lowest BCUT2D eigenvalue weighted by Gasteiger charge is -1.69. The molecule has 0 N–H and O–H groups in total. The number of halogens is 1. The number of nitrogens with zero attached hydrogens (tertiary/aromatic N) is 1. The zero-order valence-corrected chi connectivity index (χ0v) is 3.57. The van der Waals surface area contributed by atoms with E-state index in [1.54, 1.807) is 0 Å². The maximum Gasteiger partial charge on any atom is 0.166 e. The summed E-state index contributed by atoms with van der Waals surface area (Å²) in [7, 11) is 0. The molecule has 0 aliphatic heterocycles. The lowest BCUT2D eigenvalue weighted by Crippen LogP contribution is -1.57. The molecule has 1 radical (unpaired) electrons. The van der Waals surface area contributed by atoms with Crippen molar-refractivity contribution >= 4 is 18.3 Å². The van der Waals surface area contributed by atoms with E-state index >= 15 is 0 Å². The highest BCUT2D eigenvalue weighted by Crippen LogP contribution is 1.66. The molecule has 0 unspecified atom stereocenters. The van der Waals surface area contributed by atoms with Crippen LogP contribution in [-0.2, 0) is 4.84 Å². The summed E-state index contributed by atoms with van der Waals surface area (Å²) in [6.45, 7) is 4.46. The van der Waals surface area contributed by atoms with Crippen LogP contribution in [0.25, 0.3) is 0 Å². The van der Waals surface area contributed by atoms with E-state index < -0.39 is 0 Å². The lowest BCUT2D eigenvalue weighted by atomic mass is 11.3. The van der Waals surface area contributed by atoms with Crippen molar-refractivity contribution in [3.05, 3.63) is 0 Å². The first-order valence-electron chi connectivity index (χ1n) is 1.08. The van der Waals surface area contributed by atoms with Gasteiger partial charge in [-0.3, -0.25) is 0 Å². The van der Waals surface area contributed by atoms with E-state index in [-0.39, 0.29) is 0 Å². The van der Waals surface area contributed by atoms with Crippen molar-refractivity contribution < 1.29 is 4.84 Å². The van der Waals surface area contributed by atoms with Crippen LogP contribution >= 0.6 is 11.6 Å². The second kappa shape index (κ2) is 4.32. The summed E-state index contributed by atoms with van der Waals surface area (Å²) in [5.41, 5.74) is 0. The van der Waals surface area contributed by atoms with E-state index in [9.17, 15) is 0 Å². The van der Waals surface area contributed by atoms with Crippen molar-refractivity contribution in [2.24, 2.45) is 5.16 Å². The van der Waals surface area contributed by atoms with Crippen LogP contribution in [0.5, 0.6) is 0 Å². The molecule has 0 aromatic heterocycles. The Balaban J connectivity index is 3.00. The predicted octanol–water partition coefficient (Wildman–Crippen LogP) is 0.653. The summed E-state index contributed by atoms with van der Waals surface area (Å²) in [5.74, 6) is 0. The Morgan fingerprint density at radius 3 is 2.67 bits per heavy atom. The Bertz CT molecular complexity index is 90.7. The van der Waals surface area contributed by atoms with Gasteiger partial charge in [-0.25, -0.2) is 0 Å². The average molecular weight is 102 g/mol. The molecule has 0 saturated heterocycles. The van der Waals surface area contributed by atoms with Crippen LogP contribution in [0.15, 0.2) is 5.16 Å². The number of hydrogen-bond acceptors (Lipinski definition) is 2. The maximum absolute atomic E-state index is 4.78. The molecule has 2 nitrogen and oxygen atoms in total. The van der Waals surface area contributed by atoms with Gasteiger partial charge in [-0.05, 0) is 11.6 Å². The summed E-state index contributed by atoms with van der Waals surface area (Å²) >= 11 is 4.78. The Morgan fingerprint density at radius 2 is 2.50 bits per heavy atom. The van der Waals surface area contributed by atoms with Crippen molar-refractivity contribution in [1.29, 1.82) is 0 Å². The highest BCUT2D eigenvalue weighted by atomic mass is 35.5. The Morgan fingerprint density at radius 1 is 1.83 bits per heavy atom. The van der Waals surface area contributed by atoms with Crippen LogP contribution in [0.3, 0.4) is 0 Å². The molecule has 0 aliphatic carbocycles. The zero-order chi connectivity index (χ0) is 4.83. The van der Waals surface area contributed by atoms with Gasteiger partial charge in [0.05, 0.1) is 12.1 Å². The monoisotopic (exact) mass is 102 g/mol. The van der Waals surface area contributed by atoms with Gasteiger partial charge in [0.2, 0.25) is 0 Å². The maximum atomic E-state index is 4.78. The minimum atomic E-state index is 1.89. The van der Waals surface area contributed by atoms with Crippen LogP contribution in [0.2, 0.25) is 0 Å². The summed E-state index contributed by atoms with van der Waals surface area (Å²) in [6.07, 6.45) is 1.92. The summed E-state index contributed by atoms with van der Waals surface area (Å²) < 4.78 is 0. The predicted molar refractivity (Wildman–Crippen MR) is 23.2 cm³/mol. The van der Waals surface area contributed by atoms with Gasteiger partial charge in [0.1, 0.15) is 0 Å². The second-order valence-electron chi connectivity index (χ2n) is 0.393. The topological polar surface area (TPSA) is 21.6 Å².